The van der Waals surface area contributed by atoms with Crippen LogP contribution in [0.3, 0.4) is 0 Å². The summed E-state index contributed by atoms with van der Waals surface area (Å²) in [7, 11) is 0. The fraction of sp³-hybridized carbons (Fsp3) is 0.500. The predicted octanol–water partition coefficient (Wildman–Crippen LogP) is 0.0679. The average Bonchev–Trinajstić information content (AvgIpc) is 2.39. The molecule has 1 heterocycles. The molecule has 0 unspecified atom stereocenters. The van der Waals surface area contributed by atoms with Crippen molar-refractivity contribution in [3.05, 3.63) is 11.9 Å². The van der Waals surface area contributed by atoms with Crippen molar-refractivity contribution in [2.24, 2.45) is 5.92 Å². The second-order valence-corrected chi connectivity index (χ2v) is 2.40. The molecule has 5 nitrogen and oxygen atoms in total. The Morgan fingerprint density at radius 3 is 3.09 bits per heavy atom. The van der Waals surface area contributed by atoms with Crippen molar-refractivity contribution in [2.45, 2.75) is 13.3 Å². The Labute approximate surface area is 63.4 Å². The first kappa shape index (κ1) is 7.71. The summed E-state index contributed by atoms with van der Waals surface area (Å²) in [6, 6.07) is 0. The fourth-order valence-corrected chi connectivity index (χ4v) is 0.725. The van der Waals surface area contributed by atoms with Crippen LogP contribution in [0.5, 0.6) is 0 Å². The highest BCUT2D eigenvalue weighted by atomic mass is 16.4. The van der Waals surface area contributed by atoms with Gasteiger partial charge in [-0.2, -0.15) is 15.4 Å². The molecule has 0 radical (unpaired) electrons. The van der Waals surface area contributed by atoms with E-state index in [1.165, 1.54) is 6.20 Å². The van der Waals surface area contributed by atoms with Gasteiger partial charge in [0.2, 0.25) is 0 Å². The zero-order chi connectivity index (χ0) is 8.27. The molecule has 0 aliphatic heterocycles. The third kappa shape index (κ3) is 2.03. The quantitative estimate of drug-likeness (QED) is 0.647. The molecule has 0 aliphatic carbocycles. The molecule has 1 rings (SSSR count). The molecule has 1 atom stereocenters. The predicted molar refractivity (Wildman–Crippen MR) is 36.9 cm³/mol. The first-order chi connectivity index (χ1) is 5.20. The number of hydrogen-bond donors (Lipinski definition) is 2. The van der Waals surface area contributed by atoms with E-state index in [-0.39, 0.29) is 0 Å². The van der Waals surface area contributed by atoms with E-state index < -0.39 is 11.9 Å². The number of nitrogens with one attached hydrogen (secondary N) is 1. The van der Waals surface area contributed by atoms with Crippen LogP contribution in [-0.4, -0.2) is 26.5 Å². The maximum atomic E-state index is 10.4. The second-order valence-electron chi connectivity index (χ2n) is 2.40. The van der Waals surface area contributed by atoms with Gasteiger partial charge in [0.15, 0.2) is 0 Å². The van der Waals surface area contributed by atoms with Crippen LogP contribution in [-0.2, 0) is 11.2 Å². The third-order valence-electron chi connectivity index (χ3n) is 1.40. The number of aromatic nitrogens is 3. The Kier molecular flexibility index (Phi) is 2.20. The van der Waals surface area contributed by atoms with E-state index in [0.29, 0.717) is 12.1 Å². The molecule has 0 amide bonds. The van der Waals surface area contributed by atoms with E-state index in [0.717, 1.165) is 0 Å². The highest BCUT2D eigenvalue weighted by Crippen LogP contribution is 2.03. The maximum Gasteiger partial charge on any atom is 0.306 e. The molecule has 0 saturated carbocycles. The molecule has 0 aliphatic rings. The van der Waals surface area contributed by atoms with Gasteiger partial charge in [-0.15, -0.1) is 0 Å². The molecule has 0 fully saturated rings. The van der Waals surface area contributed by atoms with E-state index in [1.54, 1.807) is 6.92 Å². The molecule has 11 heavy (non-hydrogen) atoms. The number of carbonyl (C=O) groups is 1. The standard InChI is InChI=1S/C6H9N3O2/c1-4(6(10)11)2-5-3-7-9-8-5/h3-4H,2H2,1H3,(H,10,11)(H,7,8,9)/t4-/m0/s1. The molecule has 5 heteroatoms. The third-order valence-corrected chi connectivity index (χ3v) is 1.40. The van der Waals surface area contributed by atoms with Crippen molar-refractivity contribution >= 4 is 5.97 Å². The minimum absolute atomic E-state index is 0.403. The molecule has 1 aromatic heterocycles. The Balaban J connectivity index is 2.50. The van der Waals surface area contributed by atoms with Crippen LogP contribution in [0.15, 0.2) is 6.20 Å². The lowest BCUT2D eigenvalue weighted by atomic mass is 10.1. The normalized spacial score (nSPS) is 12.8. The van der Waals surface area contributed by atoms with Gasteiger partial charge in [0.1, 0.15) is 0 Å². The number of carboxylic acids is 1. The van der Waals surface area contributed by atoms with Crippen LogP contribution in [0.2, 0.25) is 0 Å². The molecule has 0 aromatic carbocycles. The van der Waals surface area contributed by atoms with E-state index >= 15 is 0 Å². The van der Waals surface area contributed by atoms with Gasteiger partial charge < -0.3 is 5.11 Å². The van der Waals surface area contributed by atoms with Gasteiger partial charge in [-0.3, -0.25) is 4.79 Å². The molecule has 0 saturated heterocycles. The van der Waals surface area contributed by atoms with E-state index in [4.69, 9.17) is 5.11 Å². The van der Waals surface area contributed by atoms with Crippen molar-refractivity contribution in [2.75, 3.05) is 0 Å². The molecule has 1 aromatic rings. The molecule has 2 N–H and O–H groups in total. The summed E-state index contributed by atoms with van der Waals surface area (Å²) in [5.41, 5.74) is 0.680. The monoisotopic (exact) mass is 155 g/mol. The van der Waals surface area contributed by atoms with Crippen molar-refractivity contribution in [1.82, 2.24) is 15.4 Å². The number of hydrogen-bond acceptors (Lipinski definition) is 3. The Morgan fingerprint density at radius 2 is 2.64 bits per heavy atom. The Morgan fingerprint density at radius 1 is 1.91 bits per heavy atom. The summed E-state index contributed by atoms with van der Waals surface area (Å²) in [6.07, 6.45) is 1.95. The topological polar surface area (TPSA) is 78.9 Å². The van der Waals surface area contributed by atoms with Gasteiger partial charge >= 0.3 is 5.97 Å². The van der Waals surface area contributed by atoms with Gasteiger partial charge in [0.25, 0.3) is 0 Å². The van der Waals surface area contributed by atoms with Crippen molar-refractivity contribution in [3.63, 3.8) is 0 Å². The molecule has 0 bridgehead atoms. The van der Waals surface area contributed by atoms with Crippen molar-refractivity contribution in [1.29, 1.82) is 0 Å². The van der Waals surface area contributed by atoms with Crippen LogP contribution in [0.4, 0.5) is 0 Å². The largest absolute Gasteiger partial charge is 0.481 e. The lowest BCUT2D eigenvalue weighted by Gasteiger charge is -2.00. The summed E-state index contributed by atoms with van der Waals surface area (Å²) in [6.45, 7) is 1.64. The lowest BCUT2D eigenvalue weighted by Crippen LogP contribution is -2.12. The van der Waals surface area contributed by atoms with Crippen LogP contribution < -0.4 is 0 Å². The number of aliphatic carboxylic acids is 1. The van der Waals surface area contributed by atoms with Crippen LogP contribution in [0, 0.1) is 5.92 Å². The maximum absolute atomic E-state index is 10.4. The number of H-pyrrole nitrogens is 1. The van der Waals surface area contributed by atoms with Crippen LogP contribution in [0.1, 0.15) is 12.6 Å². The SMILES string of the molecule is C[C@@H](Cc1cn[nH]n1)C(=O)O. The van der Waals surface area contributed by atoms with Crippen LogP contribution >= 0.6 is 0 Å². The molecule has 60 valence electrons. The van der Waals surface area contributed by atoms with Gasteiger partial charge in [-0.25, -0.2) is 0 Å². The summed E-state index contributed by atoms with van der Waals surface area (Å²) in [5, 5.41) is 18.2. The number of carboxylic acid groups (broad SMARTS) is 1. The summed E-state index contributed by atoms with van der Waals surface area (Å²) >= 11 is 0. The lowest BCUT2D eigenvalue weighted by molar-refractivity contribution is -0.141. The Hall–Kier alpha value is -1.39. The number of rotatable bonds is 3. The van der Waals surface area contributed by atoms with Gasteiger partial charge in [0, 0.05) is 6.42 Å². The fourth-order valence-electron chi connectivity index (χ4n) is 0.725. The Bertz CT molecular complexity index is 232. The average molecular weight is 155 g/mol. The van der Waals surface area contributed by atoms with E-state index in [9.17, 15) is 4.79 Å². The van der Waals surface area contributed by atoms with Crippen molar-refractivity contribution in [3.8, 4) is 0 Å². The summed E-state index contributed by atoms with van der Waals surface area (Å²) in [4.78, 5) is 10.4. The van der Waals surface area contributed by atoms with Gasteiger partial charge in [-0.1, -0.05) is 6.92 Å². The zero-order valence-corrected chi connectivity index (χ0v) is 6.11. The van der Waals surface area contributed by atoms with Gasteiger partial charge in [-0.05, 0) is 0 Å². The minimum atomic E-state index is -0.812. The highest BCUT2D eigenvalue weighted by Gasteiger charge is 2.12. The second kappa shape index (κ2) is 3.14. The smallest absolute Gasteiger partial charge is 0.306 e. The number of aromatic amines is 1. The summed E-state index contributed by atoms with van der Waals surface area (Å²) in [5.74, 6) is -1.21. The van der Waals surface area contributed by atoms with Gasteiger partial charge in [0.05, 0.1) is 17.8 Å². The summed E-state index contributed by atoms with van der Waals surface area (Å²) < 4.78 is 0. The highest BCUT2D eigenvalue weighted by molar-refractivity contribution is 5.69. The van der Waals surface area contributed by atoms with Crippen molar-refractivity contribution < 1.29 is 9.90 Å². The zero-order valence-electron chi connectivity index (χ0n) is 6.11. The molecular weight excluding hydrogens is 146 g/mol. The first-order valence-corrected chi connectivity index (χ1v) is 3.27. The number of nitrogens with zero attached hydrogens (tertiary/aromatic N) is 2. The van der Waals surface area contributed by atoms with Crippen LogP contribution in [0.25, 0.3) is 0 Å². The van der Waals surface area contributed by atoms with E-state index in [1.807, 2.05) is 0 Å². The molecular formula is C6H9N3O2. The van der Waals surface area contributed by atoms with E-state index in [2.05, 4.69) is 15.4 Å². The minimum Gasteiger partial charge on any atom is -0.481 e. The molecule has 0 spiro atoms. The first-order valence-electron chi connectivity index (χ1n) is 3.27.